The van der Waals surface area contributed by atoms with Crippen molar-refractivity contribution in [2.75, 3.05) is 27.2 Å². The van der Waals surface area contributed by atoms with Gasteiger partial charge in [0, 0.05) is 13.6 Å². The lowest BCUT2D eigenvalue weighted by Crippen LogP contribution is -2.40. The number of sulfonamides is 1. The third-order valence-corrected chi connectivity index (χ3v) is 4.94. The van der Waals surface area contributed by atoms with Crippen LogP contribution in [0.5, 0.6) is 5.75 Å². The molecule has 0 fully saturated rings. The van der Waals surface area contributed by atoms with E-state index in [4.69, 9.17) is 10.5 Å². The average Bonchev–Trinajstić information content (AvgIpc) is 2.38. The van der Waals surface area contributed by atoms with E-state index < -0.39 is 10.0 Å². The van der Waals surface area contributed by atoms with Gasteiger partial charge in [-0.05, 0) is 29.7 Å². The molecule has 1 rings (SSSR count). The highest BCUT2D eigenvalue weighted by atomic mass is 32.2. The van der Waals surface area contributed by atoms with Crippen molar-refractivity contribution < 1.29 is 13.2 Å². The van der Waals surface area contributed by atoms with E-state index in [1.807, 2.05) is 13.8 Å². The van der Waals surface area contributed by atoms with Crippen molar-refractivity contribution in [2.24, 2.45) is 11.1 Å². The summed E-state index contributed by atoms with van der Waals surface area (Å²) in [5.74, 6) is 0.615. The first-order valence-electron chi connectivity index (χ1n) is 6.47. The summed E-state index contributed by atoms with van der Waals surface area (Å²) in [7, 11) is -0.210. The van der Waals surface area contributed by atoms with E-state index in [1.54, 1.807) is 38.4 Å². The summed E-state index contributed by atoms with van der Waals surface area (Å²) in [6.45, 7) is 4.73. The van der Waals surface area contributed by atoms with Gasteiger partial charge in [-0.25, -0.2) is 12.7 Å². The Morgan fingerprint density at radius 2 is 2.00 bits per heavy atom. The maximum Gasteiger partial charge on any atom is 0.218 e. The summed E-state index contributed by atoms with van der Waals surface area (Å²) in [6, 6.07) is 7.09. The summed E-state index contributed by atoms with van der Waals surface area (Å²) in [5, 5.41) is 0. The van der Waals surface area contributed by atoms with Crippen LogP contribution in [-0.4, -0.2) is 40.0 Å². The monoisotopic (exact) mass is 300 g/mol. The number of rotatable bonds is 7. The van der Waals surface area contributed by atoms with Gasteiger partial charge in [0.05, 0.1) is 12.9 Å². The van der Waals surface area contributed by atoms with Crippen LogP contribution in [0.1, 0.15) is 19.4 Å². The van der Waals surface area contributed by atoms with Crippen molar-refractivity contribution >= 4 is 10.0 Å². The fraction of sp³-hybridized carbons (Fsp3) is 0.571. The first kappa shape index (κ1) is 16.9. The highest BCUT2D eigenvalue weighted by molar-refractivity contribution is 7.88. The van der Waals surface area contributed by atoms with Crippen molar-refractivity contribution in [3.05, 3.63) is 29.8 Å². The van der Waals surface area contributed by atoms with Gasteiger partial charge >= 0.3 is 0 Å². The Morgan fingerprint density at radius 3 is 2.55 bits per heavy atom. The molecule has 0 saturated carbocycles. The molecule has 0 radical (unpaired) electrons. The fourth-order valence-electron chi connectivity index (χ4n) is 1.85. The zero-order valence-corrected chi connectivity index (χ0v) is 13.4. The van der Waals surface area contributed by atoms with E-state index in [9.17, 15) is 8.42 Å². The van der Waals surface area contributed by atoms with Crippen LogP contribution in [0.4, 0.5) is 0 Å². The molecule has 0 aromatic heterocycles. The van der Waals surface area contributed by atoms with E-state index in [1.165, 1.54) is 4.31 Å². The zero-order valence-electron chi connectivity index (χ0n) is 12.6. The van der Waals surface area contributed by atoms with Crippen LogP contribution in [0, 0.1) is 5.41 Å². The highest BCUT2D eigenvalue weighted by Gasteiger charge is 2.25. The number of methoxy groups -OCH3 is 1. The minimum absolute atomic E-state index is 0.0403. The number of benzene rings is 1. The molecule has 6 heteroatoms. The van der Waals surface area contributed by atoms with E-state index in [0.717, 1.165) is 0 Å². The van der Waals surface area contributed by atoms with Crippen LogP contribution >= 0.6 is 0 Å². The van der Waals surface area contributed by atoms with Crippen LogP contribution in [-0.2, 0) is 15.8 Å². The molecule has 0 aliphatic carbocycles. The van der Waals surface area contributed by atoms with Crippen molar-refractivity contribution in [3.63, 3.8) is 0 Å². The Kier molecular flexibility index (Phi) is 5.56. The van der Waals surface area contributed by atoms with Crippen molar-refractivity contribution in [2.45, 2.75) is 19.6 Å². The predicted molar refractivity (Wildman–Crippen MR) is 81.1 cm³/mol. The molecule has 5 nitrogen and oxygen atoms in total. The highest BCUT2D eigenvalue weighted by Crippen LogP contribution is 2.20. The predicted octanol–water partition coefficient (Wildman–Crippen LogP) is 1.44. The molecule has 0 bridgehead atoms. The Balaban J connectivity index is 2.83. The third-order valence-electron chi connectivity index (χ3n) is 3.16. The molecule has 0 heterocycles. The Morgan fingerprint density at radius 1 is 1.35 bits per heavy atom. The van der Waals surface area contributed by atoms with Gasteiger partial charge in [0.2, 0.25) is 10.0 Å². The van der Waals surface area contributed by atoms with Crippen molar-refractivity contribution in [3.8, 4) is 5.75 Å². The Hall–Kier alpha value is -1.11. The largest absolute Gasteiger partial charge is 0.497 e. The molecule has 0 amide bonds. The summed E-state index contributed by atoms with van der Waals surface area (Å²) < 4.78 is 31.2. The standard InChI is InChI=1S/C14H24N2O3S/c1-14(2,10-15)11-16(3)20(17,18)9-12-6-5-7-13(8-12)19-4/h5-8H,9-11,15H2,1-4H3. The topological polar surface area (TPSA) is 72.6 Å². The lowest BCUT2D eigenvalue weighted by atomic mass is 9.94. The molecular formula is C14H24N2O3S. The number of nitrogens with two attached hydrogens (primary N) is 1. The Bertz CT molecular complexity index is 541. The van der Waals surface area contributed by atoms with Gasteiger partial charge in [0.25, 0.3) is 0 Å². The molecular weight excluding hydrogens is 276 g/mol. The van der Waals surface area contributed by atoms with E-state index in [-0.39, 0.29) is 11.2 Å². The van der Waals surface area contributed by atoms with Crippen molar-refractivity contribution in [1.29, 1.82) is 0 Å². The van der Waals surface area contributed by atoms with Crippen molar-refractivity contribution in [1.82, 2.24) is 4.31 Å². The first-order chi connectivity index (χ1) is 9.20. The van der Waals surface area contributed by atoms with E-state index in [0.29, 0.717) is 24.4 Å². The molecule has 0 aliphatic heterocycles. The number of hydrogen-bond donors (Lipinski definition) is 1. The van der Waals surface area contributed by atoms with Crippen LogP contribution in [0.3, 0.4) is 0 Å². The fourth-order valence-corrected chi connectivity index (χ4v) is 3.22. The molecule has 20 heavy (non-hydrogen) atoms. The minimum Gasteiger partial charge on any atom is -0.497 e. The molecule has 1 aromatic rings. The van der Waals surface area contributed by atoms with Gasteiger partial charge in [0.1, 0.15) is 5.75 Å². The van der Waals surface area contributed by atoms with E-state index in [2.05, 4.69) is 0 Å². The number of hydrogen-bond acceptors (Lipinski definition) is 4. The Labute approximate surface area is 121 Å². The number of ether oxygens (including phenoxy) is 1. The second-order valence-corrected chi connectivity index (χ2v) is 7.81. The van der Waals surface area contributed by atoms with Crippen LogP contribution in [0.15, 0.2) is 24.3 Å². The third kappa shape index (κ3) is 4.77. The maximum absolute atomic E-state index is 12.3. The summed E-state index contributed by atoms with van der Waals surface area (Å²) in [6.07, 6.45) is 0. The quantitative estimate of drug-likeness (QED) is 0.827. The van der Waals surface area contributed by atoms with Gasteiger partial charge in [-0.1, -0.05) is 26.0 Å². The molecule has 1 aromatic carbocycles. The summed E-state index contributed by atoms with van der Waals surface area (Å²) >= 11 is 0. The second kappa shape index (κ2) is 6.56. The van der Waals surface area contributed by atoms with E-state index >= 15 is 0 Å². The minimum atomic E-state index is -3.36. The smallest absolute Gasteiger partial charge is 0.218 e. The molecule has 0 atom stereocenters. The molecule has 0 spiro atoms. The second-order valence-electron chi connectivity index (χ2n) is 5.73. The van der Waals surface area contributed by atoms with Crippen LogP contribution in [0.2, 0.25) is 0 Å². The van der Waals surface area contributed by atoms with Crippen LogP contribution in [0.25, 0.3) is 0 Å². The summed E-state index contributed by atoms with van der Waals surface area (Å²) in [4.78, 5) is 0. The van der Waals surface area contributed by atoms with Crippen LogP contribution < -0.4 is 10.5 Å². The van der Waals surface area contributed by atoms with Gasteiger partial charge in [-0.3, -0.25) is 0 Å². The first-order valence-corrected chi connectivity index (χ1v) is 8.08. The number of nitrogens with zero attached hydrogens (tertiary/aromatic N) is 1. The lowest BCUT2D eigenvalue weighted by Gasteiger charge is -2.28. The SMILES string of the molecule is COc1cccc(CS(=O)(=O)N(C)CC(C)(C)CN)c1. The molecule has 0 aliphatic rings. The van der Waals surface area contributed by atoms with Gasteiger partial charge < -0.3 is 10.5 Å². The van der Waals surface area contributed by atoms with Gasteiger partial charge in [-0.15, -0.1) is 0 Å². The molecule has 114 valence electrons. The normalized spacial score (nSPS) is 12.7. The van der Waals surface area contributed by atoms with Gasteiger partial charge in [-0.2, -0.15) is 0 Å². The molecule has 0 unspecified atom stereocenters. The average molecular weight is 300 g/mol. The molecule has 0 saturated heterocycles. The zero-order chi connectivity index (χ0) is 15.4. The molecule has 2 N–H and O–H groups in total. The maximum atomic E-state index is 12.3. The lowest BCUT2D eigenvalue weighted by molar-refractivity contribution is 0.291. The van der Waals surface area contributed by atoms with Gasteiger partial charge in [0.15, 0.2) is 0 Å². The summed E-state index contributed by atoms with van der Waals surface area (Å²) in [5.41, 5.74) is 6.12.